The summed E-state index contributed by atoms with van der Waals surface area (Å²) in [6, 6.07) is 8.51. The lowest BCUT2D eigenvalue weighted by molar-refractivity contribution is -0.121. The van der Waals surface area contributed by atoms with Gasteiger partial charge in [-0.3, -0.25) is 19.4 Å². The molecule has 1 aromatic carbocycles. The first-order chi connectivity index (χ1) is 15.0. The molecule has 2 aliphatic rings. The van der Waals surface area contributed by atoms with Crippen molar-refractivity contribution in [1.29, 1.82) is 0 Å². The highest BCUT2D eigenvalue weighted by Crippen LogP contribution is 2.35. The Hall–Kier alpha value is -2.45. The molecular weight excluding hydrogens is 412 g/mol. The molecule has 0 saturated carbocycles. The molecule has 4 rings (SSSR count). The smallest absolute Gasteiger partial charge is 0.228 e. The third-order valence-electron chi connectivity index (χ3n) is 6.21. The normalized spacial score (nSPS) is 22.0. The van der Waals surface area contributed by atoms with Gasteiger partial charge < -0.3 is 10.1 Å². The number of benzene rings is 1. The molecule has 0 bridgehead atoms. The van der Waals surface area contributed by atoms with E-state index in [-0.39, 0.29) is 24.3 Å². The number of hydrogen-bond donors (Lipinski definition) is 1. The fraction of sp³-hybridized carbons (Fsp3) is 0.522. The Morgan fingerprint density at radius 1 is 1.26 bits per heavy atom. The van der Waals surface area contributed by atoms with E-state index in [0.29, 0.717) is 24.0 Å². The van der Waals surface area contributed by atoms with E-state index in [0.717, 1.165) is 43.8 Å². The number of piperidine rings is 1. The molecule has 31 heavy (non-hydrogen) atoms. The van der Waals surface area contributed by atoms with Crippen molar-refractivity contribution in [3.05, 3.63) is 40.9 Å². The Kier molecular flexibility index (Phi) is 6.87. The van der Waals surface area contributed by atoms with Gasteiger partial charge >= 0.3 is 0 Å². The van der Waals surface area contributed by atoms with Gasteiger partial charge in [0.05, 0.1) is 19.2 Å². The summed E-state index contributed by atoms with van der Waals surface area (Å²) in [7, 11) is 3.83. The molecule has 2 unspecified atom stereocenters. The van der Waals surface area contributed by atoms with Crippen LogP contribution in [-0.2, 0) is 16.0 Å². The number of carbonyl (C=O) groups excluding carboxylic acids is 2. The Labute approximate surface area is 187 Å². The van der Waals surface area contributed by atoms with E-state index in [4.69, 9.17) is 4.74 Å². The number of anilines is 1. The Morgan fingerprint density at radius 3 is 2.77 bits per heavy atom. The maximum absolute atomic E-state index is 12.6. The standard InChI is InChI=1S/C23H30N4O3S/c1-26-11-3-5-17(22(26)16-7-9-19(30-2)10-8-16)14-24-20(28)13-18-15-31-23(25-18)27-12-4-6-21(27)29/h7-10,15,17,22H,3-6,11-14H2,1-2H3,(H,24,28). The Balaban J connectivity index is 1.35. The molecule has 1 N–H and O–H groups in total. The third-order valence-corrected chi connectivity index (χ3v) is 7.12. The van der Waals surface area contributed by atoms with Gasteiger partial charge in [0.2, 0.25) is 11.8 Å². The number of hydrogen-bond acceptors (Lipinski definition) is 6. The van der Waals surface area contributed by atoms with Gasteiger partial charge in [0, 0.05) is 30.9 Å². The summed E-state index contributed by atoms with van der Waals surface area (Å²) in [4.78, 5) is 33.1. The van der Waals surface area contributed by atoms with Crippen molar-refractivity contribution >= 4 is 28.3 Å². The number of nitrogens with one attached hydrogen (secondary N) is 1. The average Bonchev–Trinajstić information content (AvgIpc) is 3.41. The van der Waals surface area contributed by atoms with E-state index in [1.165, 1.54) is 16.9 Å². The van der Waals surface area contributed by atoms with Crippen molar-refractivity contribution in [2.75, 3.05) is 38.7 Å². The molecule has 166 valence electrons. The highest BCUT2D eigenvalue weighted by Gasteiger charge is 2.31. The van der Waals surface area contributed by atoms with Crippen LogP contribution >= 0.6 is 11.3 Å². The molecule has 7 nitrogen and oxygen atoms in total. The number of likely N-dealkylation sites (tertiary alicyclic amines) is 1. The molecule has 2 saturated heterocycles. The van der Waals surface area contributed by atoms with Crippen molar-refractivity contribution in [2.24, 2.45) is 5.92 Å². The van der Waals surface area contributed by atoms with Gasteiger partial charge in [0.25, 0.3) is 0 Å². The molecular formula is C23H30N4O3S. The van der Waals surface area contributed by atoms with Gasteiger partial charge in [0.15, 0.2) is 5.13 Å². The van der Waals surface area contributed by atoms with Crippen LogP contribution in [-0.4, -0.2) is 55.5 Å². The second kappa shape index (κ2) is 9.78. The third kappa shape index (κ3) is 5.07. The van der Waals surface area contributed by atoms with E-state index >= 15 is 0 Å². The lowest BCUT2D eigenvalue weighted by Gasteiger charge is -2.39. The van der Waals surface area contributed by atoms with Crippen LogP contribution < -0.4 is 15.0 Å². The second-order valence-electron chi connectivity index (χ2n) is 8.35. The largest absolute Gasteiger partial charge is 0.497 e. The quantitative estimate of drug-likeness (QED) is 0.714. The summed E-state index contributed by atoms with van der Waals surface area (Å²) in [6.07, 6.45) is 3.91. The molecule has 2 atom stereocenters. The minimum atomic E-state index is -0.0219. The van der Waals surface area contributed by atoms with Crippen LogP contribution in [0.15, 0.2) is 29.6 Å². The average molecular weight is 443 g/mol. The molecule has 0 spiro atoms. The Bertz CT molecular complexity index is 914. The molecule has 2 aromatic rings. The lowest BCUT2D eigenvalue weighted by atomic mass is 9.85. The molecule has 2 fully saturated rings. The zero-order valence-electron chi connectivity index (χ0n) is 18.2. The van der Waals surface area contributed by atoms with Crippen LogP contribution in [0.25, 0.3) is 0 Å². The van der Waals surface area contributed by atoms with Crippen LogP contribution in [0.3, 0.4) is 0 Å². The predicted molar refractivity (Wildman–Crippen MR) is 122 cm³/mol. The zero-order valence-corrected chi connectivity index (χ0v) is 19.0. The number of nitrogens with zero attached hydrogens (tertiary/aromatic N) is 3. The maximum atomic E-state index is 12.6. The van der Waals surface area contributed by atoms with Crippen LogP contribution in [0.4, 0.5) is 5.13 Å². The van der Waals surface area contributed by atoms with Gasteiger partial charge in [-0.1, -0.05) is 12.1 Å². The zero-order chi connectivity index (χ0) is 21.8. The van der Waals surface area contributed by atoms with Crippen molar-refractivity contribution in [2.45, 2.75) is 38.1 Å². The Morgan fingerprint density at radius 2 is 2.06 bits per heavy atom. The topological polar surface area (TPSA) is 74.8 Å². The molecule has 0 radical (unpaired) electrons. The van der Waals surface area contributed by atoms with Crippen molar-refractivity contribution in [3.63, 3.8) is 0 Å². The monoisotopic (exact) mass is 442 g/mol. The van der Waals surface area contributed by atoms with Gasteiger partial charge in [0.1, 0.15) is 5.75 Å². The second-order valence-corrected chi connectivity index (χ2v) is 9.19. The minimum absolute atomic E-state index is 0.0219. The molecule has 2 aliphatic heterocycles. The summed E-state index contributed by atoms with van der Waals surface area (Å²) in [5, 5.41) is 5.72. The molecule has 8 heteroatoms. The highest BCUT2D eigenvalue weighted by molar-refractivity contribution is 7.14. The fourth-order valence-electron chi connectivity index (χ4n) is 4.62. The van der Waals surface area contributed by atoms with E-state index in [2.05, 4.69) is 34.4 Å². The molecule has 3 heterocycles. The number of rotatable bonds is 7. The number of thiazole rings is 1. The van der Waals surface area contributed by atoms with Crippen LogP contribution in [0.2, 0.25) is 0 Å². The first-order valence-electron chi connectivity index (χ1n) is 10.9. The summed E-state index contributed by atoms with van der Waals surface area (Å²) >= 11 is 1.44. The summed E-state index contributed by atoms with van der Waals surface area (Å²) in [6.45, 7) is 2.42. The SMILES string of the molecule is COc1ccc(C2C(CNC(=O)Cc3csc(N4CCCC4=O)n3)CCCN2C)cc1. The van der Waals surface area contributed by atoms with Crippen LogP contribution in [0.5, 0.6) is 5.75 Å². The summed E-state index contributed by atoms with van der Waals surface area (Å²) in [5.74, 6) is 1.30. The van der Waals surface area contributed by atoms with Crippen molar-refractivity contribution in [1.82, 2.24) is 15.2 Å². The summed E-state index contributed by atoms with van der Waals surface area (Å²) in [5.41, 5.74) is 1.98. The number of ether oxygens (including phenoxy) is 1. The van der Waals surface area contributed by atoms with Gasteiger partial charge in [-0.2, -0.15) is 0 Å². The van der Waals surface area contributed by atoms with E-state index < -0.39 is 0 Å². The van der Waals surface area contributed by atoms with Crippen molar-refractivity contribution < 1.29 is 14.3 Å². The van der Waals surface area contributed by atoms with Gasteiger partial charge in [-0.15, -0.1) is 11.3 Å². The number of carbonyl (C=O) groups is 2. The lowest BCUT2D eigenvalue weighted by Crippen LogP contribution is -2.42. The molecule has 0 aliphatic carbocycles. The molecule has 2 amide bonds. The summed E-state index contributed by atoms with van der Waals surface area (Å²) < 4.78 is 5.29. The maximum Gasteiger partial charge on any atom is 0.228 e. The number of amides is 2. The fourth-order valence-corrected chi connectivity index (χ4v) is 5.49. The van der Waals surface area contributed by atoms with Crippen molar-refractivity contribution in [3.8, 4) is 5.75 Å². The first kappa shape index (κ1) is 21.8. The van der Waals surface area contributed by atoms with Gasteiger partial charge in [-0.25, -0.2) is 4.98 Å². The first-order valence-corrected chi connectivity index (χ1v) is 11.8. The predicted octanol–water partition coefficient (Wildman–Crippen LogP) is 3.02. The minimum Gasteiger partial charge on any atom is -0.497 e. The van der Waals surface area contributed by atoms with E-state index in [1.807, 2.05) is 17.5 Å². The van der Waals surface area contributed by atoms with E-state index in [9.17, 15) is 9.59 Å². The van der Waals surface area contributed by atoms with E-state index in [1.54, 1.807) is 12.0 Å². The number of aromatic nitrogens is 1. The van der Waals surface area contributed by atoms with Crippen LogP contribution in [0.1, 0.15) is 43.0 Å². The molecule has 1 aromatic heterocycles. The van der Waals surface area contributed by atoms with Gasteiger partial charge in [-0.05, 0) is 56.5 Å². The number of methoxy groups -OCH3 is 1. The van der Waals surface area contributed by atoms with Crippen LogP contribution in [0, 0.1) is 5.92 Å². The highest BCUT2D eigenvalue weighted by atomic mass is 32.1.